The van der Waals surface area contributed by atoms with Crippen molar-refractivity contribution in [3.05, 3.63) is 290 Å². The highest BCUT2D eigenvalue weighted by atomic mass is 79.9. The van der Waals surface area contributed by atoms with E-state index in [1.54, 1.807) is 70.2 Å². The van der Waals surface area contributed by atoms with Gasteiger partial charge in [0.15, 0.2) is 0 Å². The number of carboxylic acid groups (broad SMARTS) is 2. The largest absolute Gasteiger partial charge is 0.477 e. The van der Waals surface area contributed by atoms with E-state index in [1.165, 1.54) is 49.7 Å². The highest BCUT2D eigenvalue weighted by molar-refractivity contribution is 9.10. The first kappa shape index (κ1) is 94.1. The number of aliphatic hydroxyl groups excluding tert-OH is 1. The number of nitrogens with zero attached hydrogens (tertiary/aromatic N) is 2. The zero-order valence-electron chi connectivity index (χ0n) is 62.8. The second-order valence-electron chi connectivity index (χ2n) is 29.1. The summed E-state index contributed by atoms with van der Waals surface area (Å²) in [4.78, 5) is 48.6. The van der Waals surface area contributed by atoms with Crippen LogP contribution in [0.1, 0.15) is 66.9 Å². The van der Waals surface area contributed by atoms with E-state index in [0.29, 0.717) is 45.7 Å². The highest BCUT2D eigenvalue weighted by Crippen LogP contribution is 2.42. The Morgan fingerprint density at radius 3 is 1.24 bits per heavy atom. The number of ether oxygens (including phenoxy) is 3. The quantitative estimate of drug-likeness (QED) is 0.0184. The molecule has 24 heteroatoms. The Kier molecular flexibility index (Phi) is 34.2. The number of halogens is 5. The molecule has 0 aliphatic rings. The Bertz CT molecular complexity index is 6180. The minimum atomic E-state index is -1.22. The van der Waals surface area contributed by atoms with Gasteiger partial charge in [-0.15, -0.1) is 12.6 Å². The molecule has 5 N–H and O–H groups in total. The zero-order valence-corrected chi connectivity index (χ0v) is 72.7. The number of hydrogen-bond donors (Lipinski definition) is 6. The van der Waals surface area contributed by atoms with Gasteiger partial charge < -0.3 is 48.6 Å². The number of methoxy groups -OCH3 is 1. The molecule has 16 aromatic rings. The van der Waals surface area contributed by atoms with Crippen LogP contribution in [-0.4, -0.2) is 88.8 Å². The summed E-state index contributed by atoms with van der Waals surface area (Å²) in [6.45, 7) is 15.6. The van der Waals surface area contributed by atoms with Gasteiger partial charge in [0.1, 0.15) is 30.5 Å². The van der Waals surface area contributed by atoms with Gasteiger partial charge in [0.05, 0.1) is 24.8 Å². The van der Waals surface area contributed by atoms with Crippen molar-refractivity contribution >= 4 is 231 Å². The fourth-order valence-corrected chi connectivity index (χ4v) is 19.1. The van der Waals surface area contributed by atoms with E-state index in [9.17, 15) is 29.7 Å². The number of esters is 1. The molecule has 0 spiro atoms. The van der Waals surface area contributed by atoms with Crippen LogP contribution in [0.25, 0.3) is 86.7 Å². The lowest BCUT2D eigenvalue weighted by molar-refractivity contribution is 0.0545. The maximum absolute atomic E-state index is 12.1. The number of aromatic carboxylic acids is 2. The predicted octanol–water partition coefficient (Wildman–Crippen LogP) is 29.9. The van der Waals surface area contributed by atoms with Crippen LogP contribution in [0.4, 0.5) is 0 Å². The van der Waals surface area contributed by atoms with Gasteiger partial charge >= 0.3 is 17.9 Å². The summed E-state index contributed by atoms with van der Waals surface area (Å²) < 4.78 is 20.9. The molecule has 0 bridgehead atoms. The highest BCUT2D eigenvalue weighted by Gasteiger charge is 2.23. The van der Waals surface area contributed by atoms with Gasteiger partial charge in [-0.05, 0) is 177 Å². The lowest BCUT2D eigenvalue weighted by atomic mass is 10.1. The molecule has 0 aliphatic carbocycles. The van der Waals surface area contributed by atoms with Crippen LogP contribution in [0.5, 0.6) is 0 Å². The molecule has 13 nitrogen and oxygen atoms in total. The minimum absolute atomic E-state index is 0. The van der Waals surface area contributed by atoms with Crippen molar-refractivity contribution in [3.63, 3.8) is 0 Å². The molecule has 0 fully saturated rings. The van der Waals surface area contributed by atoms with E-state index in [0.717, 1.165) is 101 Å². The number of aromatic nitrogens is 4. The first-order valence-corrected chi connectivity index (χ1v) is 48.7. The summed E-state index contributed by atoms with van der Waals surface area (Å²) in [5, 5.41) is 44.1. The normalized spacial score (nSPS) is 11.1. The maximum Gasteiger partial charge on any atom is 0.354 e. The van der Waals surface area contributed by atoms with Crippen molar-refractivity contribution in [1.82, 2.24) is 19.1 Å². The fourth-order valence-electron chi connectivity index (χ4n) is 12.5. The number of aromatic amines is 2. The number of fused-ring (bicyclic) bond motifs is 8. The van der Waals surface area contributed by atoms with Crippen molar-refractivity contribution in [1.29, 1.82) is 0 Å². The molecular weight excluding hydrogens is 1720 g/mol. The van der Waals surface area contributed by atoms with Crippen molar-refractivity contribution in [2.45, 2.75) is 135 Å². The summed E-state index contributed by atoms with van der Waals surface area (Å²) in [7, 11) is -0.998. The van der Waals surface area contributed by atoms with Crippen LogP contribution in [0.2, 0.25) is 71.5 Å². The number of thiol groups is 1. The zero-order chi connectivity index (χ0) is 80.3. The molecule has 0 saturated heterocycles. The first-order valence-electron chi connectivity index (χ1n) is 36.1. The van der Waals surface area contributed by atoms with E-state index in [2.05, 4.69) is 193 Å². The van der Waals surface area contributed by atoms with E-state index in [-0.39, 0.29) is 54.4 Å². The Labute approximate surface area is 733 Å². The molecule has 610 valence electrons. The number of carboxylic acids is 2. The molecule has 0 atom stereocenters. The molecule has 0 aliphatic heterocycles. The molecule has 4 aromatic heterocycles. The van der Waals surface area contributed by atoms with Gasteiger partial charge in [-0.2, -0.15) is 0 Å². The number of hydrogen-bond acceptors (Lipinski definition) is 11. The fraction of sp³-hybridized carbons (Fsp3) is 0.194. The SMILES string of the molecule is C.C.C.C.COC(=O)c1cc2c(Br)cc(Cl)cc2n1COCC[Si](C)(C)C.C[Si](C)(C)CCOCn1c(C(=O)O)cc2c(Sc3ccc4ccccc4c3)cc(Cl)cc21.O=C(O)c1cc2c(Sc3ccc4ccccc4c3)cc(Cl)cc2[nH]1.OCc1cc2c(Sc3ccc4ccccc4c3)cc(Cl)cc2[nH]1.Sc1ccc2ccccc2c1. The van der Waals surface area contributed by atoms with Gasteiger partial charge in [-0.1, -0.05) is 288 Å². The Hall–Kier alpha value is -8.40. The molecule has 0 amide bonds. The second-order valence-corrected chi connectivity index (χ2v) is 46.8. The number of carbonyl (C=O) groups is 3. The van der Waals surface area contributed by atoms with Crippen LogP contribution in [0.15, 0.2) is 281 Å². The third-order valence-corrected chi connectivity index (χ3v) is 26.7. The van der Waals surface area contributed by atoms with Gasteiger partial charge in [0, 0.05) is 126 Å². The molecule has 4 heterocycles. The van der Waals surface area contributed by atoms with Crippen LogP contribution >= 0.6 is 110 Å². The van der Waals surface area contributed by atoms with E-state index in [1.807, 2.05) is 102 Å². The van der Waals surface area contributed by atoms with Crippen molar-refractivity contribution in [3.8, 4) is 0 Å². The third kappa shape index (κ3) is 24.9. The number of aliphatic hydroxyl groups is 1. The Morgan fingerprint density at radius 1 is 0.436 bits per heavy atom. The number of H-pyrrole nitrogens is 2. The van der Waals surface area contributed by atoms with E-state index >= 15 is 0 Å². The summed E-state index contributed by atoms with van der Waals surface area (Å²) in [6.07, 6.45) is 0. The topological polar surface area (TPSA) is 181 Å². The predicted molar refractivity (Wildman–Crippen MR) is 510 cm³/mol. The maximum atomic E-state index is 12.1. The first-order chi connectivity index (χ1) is 54.1. The van der Waals surface area contributed by atoms with Crippen LogP contribution in [-0.2, 0) is 34.3 Å². The average molecular weight is 1820 g/mol. The average Bonchev–Trinajstić information content (AvgIpc) is 1.59. The van der Waals surface area contributed by atoms with Crippen LogP contribution in [0.3, 0.4) is 0 Å². The molecule has 12 aromatic carbocycles. The number of rotatable bonds is 20. The van der Waals surface area contributed by atoms with Crippen molar-refractivity contribution in [2.75, 3.05) is 20.3 Å². The minimum Gasteiger partial charge on any atom is -0.477 e. The molecular formula is C93H97BrCl4N4O9S4Si2. The molecule has 117 heavy (non-hydrogen) atoms. The monoisotopic (exact) mass is 1820 g/mol. The molecule has 0 unspecified atom stereocenters. The lowest BCUT2D eigenvalue weighted by Crippen LogP contribution is -2.22. The Balaban J connectivity index is 0.000000186. The summed E-state index contributed by atoms with van der Waals surface area (Å²) in [5.41, 5.74) is 4.90. The van der Waals surface area contributed by atoms with Crippen LogP contribution < -0.4 is 0 Å². The van der Waals surface area contributed by atoms with E-state index < -0.39 is 34.1 Å². The molecule has 0 saturated carbocycles. The van der Waals surface area contributed by atoms with Gasteiger partial charge in [-0.25, -0.2) is 14.4 Å². The third-order valence-electron chi connectivity index (χ3n) is 18.3. The van der Waals surface area contributed by atoms with Gasteiger partial charge in [0.25, 0.3) is 0 Å². The standard InChI is InChI=1S/C25H26ClNO3SSi.C19H12ClNO2S.C19H14ClNOS.C16H21BrClNO3Si.C10H8S.4CH4/c1-32(2,3)11-10-30-16-27-22-13-19(26)14-24(21(22)15-23(27)25(28)29)31-20-9-8-17-6-4-5-7-18(17)12-20;20-13-8-16-15(10-17(21-16)19(22)23)18(9-13)24-14-6-5-11-3-1-2-4-12(11)7-14;20-14-8-18-17(10-15(11-22)21-18)19(9-14)23-16-6-5-12-3-1-2-4-13(12)7-16;1-21-16(20)15-9-12-13(17)7-11(18)8-14(12)19(15)10-22-5-6-23(2,3)4;11-10-6-5-8-3-1-2-4-9(8)7-10;;;;/h4-9,12-15H,10-11,16H2,1-3H3,(H,28,29);1-10,21H,(H,22,23);1-10,21-22H,11H2;7-9H,5-6,10H2,1-4H3;1-7,11H;4*1H4. The second kappa shape index (κ2) is 42.5. The van der Waals surface area contributed by atoms with Gasteiger partial charge in [0.2, 0.25) is 0 Å². The molecule has 16 rings (SSSR count). The van der Waals surface area contributed by atoms with Gasteiger partial charge in [-0.3, -0.25) is 0 Å². The number of nitrogens with one attached hydrogen (secondary N) is 2. The van der Waals surface area contributed by atoms with Crippen LogP contribution in [0, 0.1) is 0 Å². The Morgan fingerprint density at radius 2 is 0.812 bits per heavy atom. The summed E-state index contributed by atoms with van der Waals surface area (Å²) >= 11 is 37.6. The number of benzene rings is 12. The van der Waals surface area contributed by atoms with Crippen molar-refractivity contribution < 1.29 is 43.9 Å². The summed E-state index contributed by atoms with van der Waals surface area (Å²) in [6, 6.07) is 82.2. The van der Waals surface area contributed by atoms with Crippen molar-refractivity contribution in [2.24, 2.45) is 0 Å². The smallest absolute Gasteiger partial charge is 0.354 e. The van der Waals surface area contributed by atoms with E-state index in [4.69, 9.17) is 60.6 Å². The summed E-state index contributed by atoms with van der Waals surface area (Å²) in [5.74, 6) is -2.35. The lowest BCUT2D eigenvalue weighted by Gasteiger charge is -2.16. The number of carbonyl (C=O) groups excluding carboxylic acids is 1. The molecule has 0 radical (unpaired) electrons.